The Balaban J connectivity index is 1.76. The molecule has 2 aromatic rings. The molecular weight excluding hydrogens is 304 g/mol. The lowest BCUT2D eigenvalue weighted by molar-refractivity contribution is 0.0120. The first-order valence-corrected chi connectivity index (χ1v) is 6.80. The smallest absolute Gasteiger partial charge is 0.357 e. The van der Waals surface area contributed by atoms with Crippen LogP contribution < -0.4 is 0 Å². The normalized spacial score (nSPS) is 10.6. The third-order valence-corrected chi connectivity index (χ3v) is 2.96. The fourth-order valence-electron chi connectivity index (χ4n) is 1.91. The van der Waals surface area contributed by atoms with Crippen molar-refractivity contribution in [2.45, 2.75) is 13.3 Å². The summed E-state index contributed by atoms with van der Waals surface area (Å²) in [5, 5.41) is 17.9. The SMILES string of the molecule is O=C(O)c1ncn(COCCOCc2ccccc2)c1C(=O)O. The Kier molecular flexibility index (Phi) is 5.84. The molecule has 1 heterocycles. The monoisotopic (exact) mass is 320 g/mol. The van der Waals surface area contributed by atoms with Gasteiger partial charge in [-0.1, -0.05) is 30.3 Å². The first-order chi connectivity index (χ1) is 11.1. The molecule has 2 N–H and O–H groups in total. The summed E-state index contributed by atoms with van der Waals surface area (Å²) < 4.78 is 11.8. The van der Waals surface area contributed by atoms with Crippen molar-refractivity contribution in [3.8, 4) is 0 Å². The molecule has 0 aliphatic rings. The predicted molar refractivity (Wildman–Crippen MR) is 78.2 cm³/mol. The molecule has 0 aliphatic heterocycles. The zero-order chi connectivity index (χ0) is 16.7. The molecule has 0 bridgehead atoms. The maximum atomic E-state index is 11.1. The van der Waals surface area contributed by atoms with E-state index < -0.39 is 23.3 Å². The van der Waals surface area contributed by atoms with E-state index in [1.807, 2.05) is 30.3 Å². The highest BCUT2D eigenvalue weighted by Gasteiger charge is 2.22. The first kappa shape index (κ1) is 16.7. The number of carboxylic acids is 2. The van der Waals surface area contributed by atoms with Crippen LogP contribution >= 0.6 is 0 Å². The van der Waals surface area contributed by atoms with Gasteiger partial charge < -0.3 is 24.3 Å². The zero-order valence-corrected chi connectivity index (χ0v) is 12.2. The molecule has 1 aromatic heterocycles. The molecule has 0 amide bonds. The molecule has 0 spiro atoms. The number of hydrogen-bond donors (Lipinski definition) is 2. The summed E-state index contributed by atoms with van der Waals surface area (Å²) in [7, 11) is 0. The van der Waals surface area contributed by atoms with Crippen LogP contribution in [-0.2, 0) is 22.8 Å². The van der Waals surface area contributed by atoms with Crippen LogP contribution in [0.3, 0.4) is 0 Å². The van der Waals surface area contributed by atoms with Gasteiger partial charge in [-0.15, -0.1) is 0 Å². The molecule has 0 saturated carbocycles. The van der Waals surface area contributed by atoms with Crippen molar-refractivity contribution in [3.05, 3.63) is 53.6 Å². The molecule has 0 unspecified atom stereocenters. The average Bonchev–Trinajstić information content (AvgIpc) is 2.96. The van der Waals surface area contributed by atoms with Gasteiger partial charge in [0.2, 0.25) is 0 Å². The van der Waals surface area contributed by atoms with E-state index in [1.165, 1.54) is 0 Å². The van der Waals surface area contributed by atoms with Crippen LogP contribution in [0.1, 0.15) is 26.5 Å². The lowest BCUT2D eigenvalue weighted by Crippen LogP contribution is -2.15. The molecule has 8 nitrogen and oxygen atoms in total. The Morgan fingerprint density at radius 1 is 1.04 bits per heavy atom. The lowest BCUT2D eigenvalue weighted by Gasteiger charge is -2.08. The summed E-state index contributed by atoms with van der Waals surface area (Å²) in [5.41, 5.74) is 0.116. The lowest BCUT2D eigenvalue weighted by atomic mass is 10.2. The summed E-state index contributed by atoms with van der Waals surface area (Å²) in [5.74, 6) is -2.77. The average molecular weight is 320 g/mol. The molecule has 0 saturated heterocycles. The van der Waals surface area contributed by atoms with Gasteiger partial charge in [0, 0.05) is 0 Å². The molecule has 2 rings (SSSR count). The Labute approximate surface area is 131 Å². The molecule has 0 aliphatic carbocycles. The van der Waals surface area contributed by atoms with E-state index in [2.05, 4.69) is 4.98 Å². The number of carboxylic acid groups (broad SMARTS) is 2. The van der Waals surface area contributed by atoms with Crippen molar-refractivity contribution in [1.29, 1.82) is 0 Å². The number of rotatable bonds is 9. The number of hydrogen-bond acceptors (Lipinski definition) is 5. The highest BCUT2D eigenvalue weighted by Crippen LogP contribution is 2.08. The van der Waals surface area contributed by atoms with Gasteiger partial charge in [0.05, 0.1) is 26.1 Å². The number of imidazole rings is 1. The van der Waals surface area contributed by atoms with Gasteiger partial charge in [0.15, 0.2) is 11.4 Å². The molecule has 0 atom stereocenters. The van der Waals surface area contributed by atoms with Crippen molar-refractivity contribution >= 4 is 11.9 Å². The fraction of sp³-hybridized carbons (Fsp3) is 0.267. The topological polar surface area (TPSA) is 111 Å². The molecule has 1 aromatic carbocycles. The van der Waals surface area contributed by atoms with Crippen LogP contribution in [0.2, 0.25) is 0 Å². The Bertz CT molecular complexity index is 668. The number of nitrogens with zero attached hydrogens (tertiary/aromatic N) is 2. The minimum absolute atomic E-state index is 0.114. The Morgan fingerprint density at radius 2 is 1.74 bits per heavy atom. The van der Waals surface area contributed by atoms with E-state index in [0.29, 0.717) is 13.2 Å². The summed E-state index contributed by atoms with van der Waals surface area (Å²) in [4.78, 5) is 25.5. The zero-order valence-electron chi connectivity index (χ0n) is 12.2. The number of benzene rings is 1. The second-order valence-electron chi connectivity index (χ2n) is 4.60. The van der Waals surface area contributed by atoms with Gasteiger partial charge in [0.25, 0.3) is 0 Å². The van der Waals surface area contributed by atoms with Crippen LogP contribution in [0, 0.1) is 0 Å². The van der Waals surface area contributed by atoms with Crippen molar-refractivity contribution in [1.82, 2.24) is 9.55 Å². The van der Waals surface area contributed by atoms with Gasteiger partial charge in [-0.2, -0.15) is 0 Å². The molecule has 23 heavy (non-hydrogen) atoms. The van der Waals surface area contributed by atoms with Gasteiger partial charge in [-0.25, -0.2) is 14.6 Å². The van der Waals surface area contributed by atoms with E-state index in [0.717, 1.165) is 16.5 Å². The highest BCUT2D eigenvalue weighted by atomic mass is 16.5. The summed E-state index contributed by atoms with van der Waals surface area (Å²) >= 11 is 0. The first-order valence-electron chi connectivity index (χ1n) is 6.80. The van der Waals surface area contributed by atoms with E-state index >= 15 is 0 Å². The Hall–Kier alpha value is -2.71. The third kappa shape index (κ3) is 4.63. The highest BCUT2D eigenvalue weighted by molar-refractivity contribution is 5.99. The molecule has 122 valence electrons. The summed E-state index contributed by atoms with van der Waals surface area (Å²) in [6, 6.07) is 9.64. The maximum Gasteiger partial charge on any atom is 0.357 e. The van der Waals surface area contributed by atoms with E-state index in [4.69, 9.17) is 19.7 Å². The van der Waals surface area contributed by atoms with E-state index in [-0.39, 0.29) is 13.3 Å². The maximum absolute atomic E-state index is 11.1. The van der Waals surface area contributed by atoms with Gasteiger partial charge in [-0.3, -0.25) is 0 Å². The third-order valence-electron chi connectivity index (χ3n) is 2.96. The van der Waals surface area contributed by atoms with Crippen LogP contribution in [0.15, 0.2) is 36.7 Å². The standard InChI is InChI=1S/C15H16N2O6/c18-14(19)12-13(15(20)21)17(9-16-12)10-23-7-6-22-8-11-4-2-1-3-5-11/h1-5,9H,6-8,10H2,(H,18,19)(H,20,21). The van der Waals surface area contributed by atoms with Gasteiger partial charge in [-0.05, 0) is 5.56 Å². The largest absolute Gasteiger partial charge is 0.476 e. The summed E-state index contributed by atoms with van der Waals surface area (Å²) in [6.45, 7) is 0.916. The van der Waals surface area contributed by atoms with E-state index in [1.54, 1.807) is 0 Å². The number of aromatic nitrogens is 2. The number of ether oxygens (including phenoxy) is 2. The van der Waals surface area contributed by atoms with Crippen molar-refractivity contribution < 1.29 is 29.3 Å². The van der Waals surface area contributed by atoms with Crippen LogP contribution in [-0.4, -0.2) is 44.9 Å². The van der Waals surface area contributed by atoms with Gasteiger partial charge in [0.1, 0.15) is 6.73 Å². The summed E-state index contributed by atoms with van der Waals surface area (Å²) in [6.07, 6.45) is 1.12. The van der Waals surface area contributed by atoms with Crippen LogP contribution in [0.4, 0.5) is 0 Å². The van der Waals surface area contributed by atoms with Crippen molar-refractivity contribution in [2.24, 2.45) is 0 Å². The predicted octanol–water partition coefficient (Wildman–Crippen LogP) is 1.47. The molecule has 0 radical (unpaired) electrons. The minimum atomic E-state index is -1.40. The number of aromatic carboxylic acids is 2. The molecular formula is C15H16N2O6. The fourth-order valence-corrected chi connectivity index (χ4v) is 1.91. The van der Waals surface area contributed by atoms with Gasteiger partial charge >= 0.3 is 11.9 Å². The van der Waals surface area contributed by atoms with Crippen molar-refractivity contribution in [2.75, 3.05) is 13.2 Å². The molecule has 0 fully saturated rings. The van der Waals surface area contributed by atoms with Crippen LogP contribution in [0.5, 0.6) is 0 Å². The quantitative estimate of drug-likeness (QED) is 0.673. The van der Waals surface area contributed by atoms with Crippen molar-refractivity contribution in [3.63, 3.8) is 0 Å². The second kappa shape index (κ2) is 8.06. The minimum Gasteiger partial charge on any atom is -0.476 e. The second-order valence-corrected chi connectivity index (χ2v) is 4.60. The van der Waals surface area contributed by atoms with Crippen LogP contribution in [0.25, 0.3) is 0 Å². The Morgan fingerprint density at radius 3 is 2.39 bits per heavy atom. The number of carbonyl (C=O) groups is 2. The van der Waals surface area contributed by atoms with E-state index in [9.17, 15) is 9.59 Å². The molecule has 8 heteroatoms.